The molecule has 3 rings (SSSR count). The van der Waals surface area contributed by atoms with Gasteiger partial charge in [-0.2, -0.15) is 0 Å². The van der Waals surface area contributed by atoms with Crippen molar-refractivity contribution >= 4 is 28.9 Å². The van der Waals surface area contributed by atoms with Crippen molar-refractivity contribution in [2.45, 2.75) is 59.7 Å². The molecule has 2 aromatic rings. The molecule has 0 bridgehead atoms. The molecule has 6 nitrogen and oxygen atoms in total. The largest absolute Gasteiger partial charge is 0.478 e. The summed E-state index contributed by atoms with van der Waals surface area (Å²) in [6.45, 7) is 9.54. The number of fused-ring (bicyclic) bond motifs is 1. The molecular formula is C21H26N2O4S. The number of thiazole rings is 1. The molecule has 1 aliphatic rings. The number of benzene rings is 1. The summed E-state index contributed by atoms with van der Waals surface area (Å²) in [6.07, 6.45) is 0.472. The summed E-state index contributed by atoms with van der Waals surface area (Å²) in [4.78, 5) is 32.5. The number of rotatable bonds is 6. The fraction of sp³-hybridized carbons (Fsp3) is 0.476. The van der Waals surface area contributed by atoms with Gasteiger partial charge < -0.3 is 9.47 Å². The summed E-state index contributed by atoms with van der Waals surface area (Å²) in [5, 5.41) is 0.984. The summed E-state index contributed by atoms with van der Waals surface area (Å²) in [7, 11) is 0. The number of hydrogen-bond acceptors (Lipinski definition) is 6. The van der Waals surface area contributed by atoms with E-state index in [4.69, 9.17) is 9.47 Å². The van der Waals surface area contributed by atoms with Gasteiger partial charge in [-0.25, -0.2) is 4.98 Å². The summed E-state index contributed by atoms with van der Waals surface area (Å²) < 4.78 is 11.3. The molecule has 1 amide bonds. The lowest BCUT2D eigenvalue weighted by Crippen LogP contribution is -2.48. The van der Waals surface area contributed by atoms with Crippen LogP contribution >= 0.6 is 11.3 Å². The number of carbonyl (C=O) groups excluding carboxylic acids is 2. The van der Waals surface area contributed by atoms with Crippen LogP contribution in [0.25, 0.3) is 11.3 Å². The van der Waals surface area contributed by atoms with Crippen molar-refractivity contribution in [1.29, 1.82) is 0 Å². The van der Waals surface area contributed by atoms with E-state index in [2.05, 4.69) is 4.98 Å². The Labute approximate surface area is 169 Å². The zero-order valence-corrected chi connectivity index (χ0v) is 17.8. The highest BCUT2D eigenvalue weighted by atomic mass is 32.1. The Morgan fingerprint density at radius 2 is 2.11 bits per heavy atom. The maximum absolute atomic E-state index is 12.9. The van der Waals surface area contributed by atoms with Crippen LogP contribution in [-0.4, -0.2) is 35.6 Å². The second-order valence-corrected chi connectivity index (χ2v) is 8.38. The monoisotopic (exact) mass is 402 g/mol. The molecule has 0 saturated heterocycles. The van der Waals surface area contributed by atoms with E-state index in [0.29, 0.717) is 17.9 Å². The minimum atomic E-state index is -0.599. The van der Waals surface area contributed by atoms with Gasteiger partial charge in [0.1, 0.15) is 12.3 Å². The van der Waals surface area contributed by atoms with Gasteiger partial charge in [-0.05, 0) is 51.8 Å². The number of nitrogens with zero attached hydrogens (tertiary/aromatic N) is 2. The Morgan fingerprint density at radius 1 is 1.36 bits per heavy atom. The lowest BCUT2D eigenvalue weighted by atomic mass is 10.1. The molecule has 0 fully saturated rings. The Bertz CT molecular complexity index is 893. The Hall–Kier alpha value is -2.41. The van der Waals surface area contributed by atoms with E-state index in [0.717, 1.165) is 27.6 Å². The number of aryl methyl sites for hydroxylation is 2. The molecule has 0 N–H and O–H groups in total. The molecule has 1 aromatic carbocycles. The number of esters is 1. The molecule has 7 heteroatoms. The van der Waals surface area contributed by atoms with Crippen LogP contribution in [-0.2, 0) is 14.3 Å². The van der Waals surface area contributed by atoms with Gasteiger partial charge in [-0.3, -0.25) is 14.5 Å². The first-order chi connectivity index (χ1) is 13.3. The smallest absolute Gasteiger partial charge is 0.326 e. The van der Waals surface area contributed by atoms with E-state index in [1.54, 1.807) is 11.3 Å². The first-order valence-corrected chi connectivity index (χ1v) is 10.4. The molecular weight excluding hydrogens is 376 g/mol. The zero-order valence-electron chi connectivity index (χ0n) is 16.9. The first kappa shape index (κ1) is 20.3. The van der Waals surface area contributed by atoms with Crippen molar-refractivity contribution in [3.63, 3.8) is 0 Å². The summed E-state index contributed by atoms with van der Waals surface area (Å²) in [5.41, 5.74) is 2.36. The number of aromatic nitrogens is 1. The van der Waals surface area contributed by atoms with Crippen LogP contribution in [0.15, 0.2) is 18.2 Å². The van der Waals surface area contributed by atoms with Crippen molar-refractivity contribution in [2.24, 2.45) is 0 Å². The standard InChI is InChI=1S/C21H26N2O4S/c1-6-12(3)26-19(24)11-23-16-10-15(20-13(4)28-14(5)22-20)8-9-18(16)27-17(7-2)21(23)25/h8-10,12,17H,6-7,11H2,1-5H3. The molecule has 0 spiro atoms. The lowest BCUT2D eigenvalue weighted by molar-refractivity contribution is -0.147. The maximum Gasteiger partial charge on any atom is 0.326 e. The predicted molar refractivity (Wildman–Crippen MR) is 110 cm³/mol. The molecule has 0 aliphatic carbocycles. The molecule has 0 saturated carbocycles. The van der Waals surface area contributed by atoms with Gasteiger partial charge in [0, 0.05) is 10.4 Å². The molecule has 2 heterocycles. The highest BCUT2D eigenvalue weighted by molar-refractivity contribution is 7.11. The number of carbonyl (C=O) groups is 2. The molecule has 28 heavy (non-hydrogen) atoms. The maximum atomic E-state index is 12.9. The number of amides is 1. The molecule has 2 unspecified atom stereocenters. The van der Waals surface area contributed by atoms with Crippen LogP contribution in [0.3, 0.4) is 0 Å². The van der Waals surface area contributed by atoms with Crippen LogP contribution in [0.4, 0.5) is 5.69 Å². The topological polar surface area (TPSA) is 68.7 Å². The first-order valence-electron chi connectivity index (χ1n) is 9.60. The molecule has 2 atom stereocenters. The average Bonchev–Trinajstić information content (AvgIpc) is 3.01. The number of hydrogen-bond donors (Lipinski definition) is 0. The number of ether oxygens (including phenoxy) is 2. The SMILES string of the molecule is CCC(C)OC(=O)CN1C(=O)C(CC)Oc2ccc(-c3nc(C)sc3C)cc21. The van der Waals surface area contributed by atoms with E-state index < -0.39 is 12.1 Å². The second-order valence-electron chi connectivity index (χ2n) is 6.97. The highest BCUT2D eigenvalue weighted by Crippen LogP contribution is 2.39. The third-order valence-electron chi connectivity index (χ3n) is 4.80. The third-order valence-corrected chi connectivity index (χ3v) is 5.69. The van der Waals surface area contributed by atoms with Crippen molar-refractivity contribution < 1.29 is 19.1 Å². The molecule has 150 valence electrons. The summed E-state index contributed by atoms with van der Waals surface area (Å²) in [5.74, 6) is -0.0490. The van der Waals surface area contributed by atoms with Crippen LogP contribution in [0.2, 0.25) is 0 Å². The lowest BCUT2D eigenvalue weighted by Gasteiger charge is -2.34. The average molecular weight is 403 g/mol. The van der Waals surface area contributed by atoms with E-state index in [1.165, 1.54) is 4.90 Å². The van der Waals surface area contributed by atoms with E-state index >= 15 is 0 Å². The summed E-state index contributed by atoms with van der Waals surface area (Å²) >= 11 is 1.63. The van der Waals surface area contributed by atoms with Crippen molar-refractivity contribution in [2.75, 3.05) is 11.4 Å². The quantitative estimate of drug-likeness (QED) is 0.675. The predicted octanol–water partition coefficient (Wildman–Crippen LogP) is 4.27. The van der Waals surface area contributed by atoms with Crippen molar-refractivity contribution in [1.82, 2.24) is 4.98 Å². The number of anilines is 1. The fourth-order valence-electron chi connectivity index (χ4n) is 3.16. The molecule has 1 aliphatic heterocycles. The van der Waals surface area contributed by atoms with E-state index in [9.17, 15) is 9.59 Å². The van der Waals surface area contributed by atoms with Crippen LogP contribution in [0.5, 0.6) is 5.75 Å². The summed E-state index contributed by atoms with van der Waals surface area (Å²) in [6, 6.07) is 5.66. The minimum absolute atomic E-state index is 0.130. The van der Waals surface area contributed by atoms with Gasteiger partial charge in [0.2, 0.25) is 0 Å². The highest BCUT2D eigenvalue weighted by Gasteiger charge is 2.35. The Morgan fingerprint density at radius 3 is 2.71 bits per heavy atom. The van der Waals surface area contributed by atoms with E-state index in [1.807, 2.05) is 52.8 Å². The van der Waals surface area contributed by atoms with Crippen LogP contribution < -0.4 is 9.64 Å². The molecule has 1 aromatic heterocycles. The van der Waals surface area contributed by atoms with Crippen molar-refractivity contribution in [3.05, 3.63) is 28.1 Å². The van der Waals surface area contributed by atoms with Gasteiger partial charge >= 0.3 is 5.97 Å². The zero-order chi connectivity index (χ0) is 20.4. The second kappa shape index (κ2) is 8.31. The molecule has 0 radical (unpaired) electrons. The van der Waals surface area contributed by atoms with Gasteiger partial charge in [-0.15, -0.1) is 11.3 Å². The van der Waals surface area contributed by atoms with Crippen LogP contribution in [0.1, 0.15) is 43.5 Å². The van der Waals surface area contributed by atoms with E-state index in [-0.39, 0.29) is 18.6 Å². The normalized spacial score (nSPS) is 17.1. The van der Waals surface area contributed by atoms with Gasteiger partial charge in [0.25, 0.3) is 5.91 Å². The van der Waals surface area contributed by atoms with Gasteiger partial charge in [0.05, 0.1) is 22.5 Å². The van der Waals surface area contributed by atoms with Gasteiger partial charge in [0.15, 0.2) is 6.10 Å². The Balaban J connectivity index is 1.97. The van der Waals surface area contributed by atoms with Crippen molar-refractivity contribution in [3.8, 4) is 17.0 Å². The third kappa shape index (κ3) is 4.04. The van der Waals surface area contributed by atoms with Gasteiger partial charge in [-0.1, -0.05) is 13.8 Å². The Kier molecular flexibility index (Phi) is 6.03. The van der Waals surface area contributed by atoms with Crippen LogP contribution in [0, 0.1) is 13.8 Å². The fourth-order valence-corrected chi connectivity index (χ4v) is 4.00. The minimum Gasteiger partial charge on any atom is -0.478 e.